The molecule has 1 aliphatic rings. The molecule has 1 heterocycles. The molecule has 1 aliphatic carbocycles. The maximum Gasteiger partial charge on any atom is 0.410 e. The van der Waals surface area contributed by atoms with E-state index in [1.54, 1.807) is 11.9 Å². The zero-order valence-electron chi connectivity index (χ0n) is 16.7. The predicted octanol–water partition coefficient (Wildman–Crippen LogP) is 4.03. The number of carbonyl (C=O) groups excluding carboxylic acids is 2. The molecular formula is C20H25N3O4S. The van der Waals surface area contributed by atoms with E-state index in [-0.39, 0.29) is 17.8 Å². The van der Waals surface area contributed by atoms with Crippen molar-refractivity contribution in [2.75, 3.05) is 19.9 Å². The molecule has 1 aromatic carbocycles. The van der Waals surface area contributed by atoms with E-state index in [0.717, 1.165) is 34.4 Å². The number of nitrogens with zero attached hydrogens (tertiary/aromatic N) is 2. The van der Waals surface area contributed by atoms with E-state index in [1.807, 2.05) is 32.9 Å². The summed E-state index contributed by atoms with van der Waals surface area (Å²) in [5.41, 5.74) is 9.22. The quantitative estimate of drug-likeness (QED) is 0.778. The molecule has 1 amide bonds. The van der Waals surface area contributed by atoms with Crippen LogP contribution in [0.25, 0.3) is 10.4 Å². The Morgan fingerprint density at radius 3 is 2.68 bits per heavy atom. The van der Waals surface area contributed by atoms with Gasteiger partial charge in [0.25, 0.3) is 0 Å². The SMILES string of the molecule is COC(=O)c1nsc(-c2ccc3c(c2)CCC3N(C)C(=O)OC(C)(C)C)c1N. The average Bonchev–Trinajstić information content (AvgIpc) is 3.21. The summed E-state index contributed by atoms with van der Waals surface area (Å²) < 4.78 is 14.3. The van der Waals surface area contributed by atoms with Crippen LogP contribution in [0.15, 0.2) is 18.2 Å². The maximum absolute atomic E-state index is 12.4. The molecule has 0 saturated heterocycles. The Hall–Kier alpha value is -2.61. The monoisotopic (exact) mass is 403 g/mol. The number of aromatic nitrogens is 1. The first-order chi connectivity index (χ1) is 13.1. The molecular weight excluding hydrogens is 378 g/mol. The molecule has 0 spiro atoms. The van der Waals surface area contributed by atoms with Crippen LogP contribution in [0, 0.1) is 0 Å². The molecule has 3 rings (SSSR count). The number of aryl methyl sites for hydroxylation is 1. The number of hydrogen-bond acceptors (Lipinski definition) is 7. The van der Waals surface area contributed by atoms with E-state index in [9.17, 15) is 9.59 Å². The number of benzene rings is 1. The van der Waals surface area contributed by atoms with E-state index < -0.39 is 11.6 Å². The van der Waals surface area contributed by atoms with Gasteiger partial charge in [0, 0.05) is 7.05 Å². The van der Waals surface area contributed by atoms with Crippen molar-refractivity contribution in [2.24, 2.45) is 0 Å². The summed E-state index contributed by atoms with van der Waals surface area (Å²) in [6.07, 6.45) is 1.35. The zero-order valence-corrected chi connectivity index (χ0v) is 17.6. The van der Waals surface area contributed by atoms with Gasteiger partial charge in [-0.2, -0.15) is 4.37 Å². The minimum absolute atomic E-state index is 0.0247. The molecule has 2 N–H and O–H groups in total. The van der Waals surface area contributed by atoms with Gasteiger partial charge in [0.2, 0.25) is 0 Å². The molecule has 0 fully saturated rings. The number of methoxy groups -OCH3 is 1. The van der Waals surface area contributed by atoms with Crippen molar-refractivity contribution < 1.29 is 19.1 Å². The molecule has 2 aromatic rings. The zero-order chi connectivity index (χ0) is 20.6. The number of anilines is 1. The third kappa shape index (κ3) is 3.82. The third-order valence-electron chi connectivity index (χ3n) is 4.71. The van der Waals surface area contributed by atoms with Gasteiger partial charge in [-0.1, -0.05) is 12.1 Å². The van der Waals surface area contributed by atoms with Gasteiger partial charge in [0.1, 0.15) is 5.60 Å². The summed E-state index contributed by atoms with van der Waals surface area (Å²) in [4.78, 5) is 26.6. The second kappa shape index (κ2) is 7.43. The first kappa shape index (κ1) is 20.1. The first-order valence-corrected chi connectivity index (χ1v) is 9.82. The van der Waals surface area contributed by atoms with Gasteiger partial charge in [0.05, 0.1) is 23.7 Å². The van der Waals surface area contributed by atoms with Gasteiger partial charge >= 0.3 is 12.1 Å². The van der Waals surface area contributed by atoms with Crippen molar-refractivity contribution in [2.45, 2.75) is 45.3 Å². The fourth-order valence-corrected chi connectivity index (χ4v) is 4.13. The highest BCUT2D eigenvalue weighted by Crippen LogP contribution is 2.40. The minimum Gasteiger partial charge on any atom is -0.464 e. The van der Waals surface area contributed by atoms with Crippen molar-refractivity contribution in [3.05, 3.63) is 35.0 Å². The molecule has 7 nitrogen and oxygen atoms in total. The van der Waals surface area contributed by atoms with Crippen LogP contribution in [0.5, 0.6) is 0 Å². The lowest BCUT2D eigenvalue weighted by atomic mass is 10.0. The van der Waals surface area contributed by atoms with E-state index in [2.05, 4.69) is 10.4 Å². The number of nitrogens with two attached hydrogens (primary N) is 1. The molecule has 0 aliphatic heterocycles. The summed E-state index contributed by atoms with van der Waals surface area (Å²) in [7, 11) is 3.07. The van der Waals surface area contributed by atoms with Crippen molar-refractivity contribution in [3.8, 4) is 10.4 Å². The van der Waals surface area contributed by atoms with Gasteiger partial charge in [-0.3, -0.25) is 0 Å². The second-order valence-corrected chi connectivity index (χ2v) is 8.60. The molecule has 0 bridgehead atoms. The number of esters is 1. The van der Waals surface area contributed by atoms with Crippen LogP contribution in [0.4, 0.5) is 10.5 Å². The van der Waals surface area contributed by atoms with Crippen LogP contribution in [0.2, 0.25) is 0 Å². The standard InChI is InChI=1S/C20H25N3O4S/c1-20(2,3)27-19(25)23(4)14-9-7-11-10-12(6-8-13(11)14)17-15(21)16(22-28-17)18(24)26-5/h6,8,10,14H,7,9,21H2,1-5H3. The van der Waals surface area contributed by atoms with Crippen LogP contribution < -0.4 is 5.73 Å². The Morgan fingerprint density at radius 1 is 1.32 bits per heavy atom. The van der Waals surface area contributed by atoms with Crippen molar-refractivity contribution >= 4 is 29.3 Å². The van der Waals surface area contributed by atoms with Gasteiger partial charge in [-0.05, 0) is 67.9 Å². The summed E-state index contributed by atoms with van der Waals surface area (Å²) in [5.74, 6) is -0.541. The number of hydrogen-bond donors (Lipinski definition) is 1. The van der Waals surface area contributed by atoms with Crippen molar-refractivity contribution in [3.63, 3.8) is 0 Å². The Labute approximate surface area is 168 Å². The van der Waals surface area contributed by atoms with E-state index >= 15 is 0 Å². The van der Waals surface area contributed by atoms with Crippen LogP contribution in [0.3, 0.4) is 0 Å². The molecule has 0 saturated carbocycles. The number of fused-ring (bicyclic) bond motifs is 1. The molecule has 0 radical (unpaired) electrons. The van der Waals surface area contributed by atoms with Crippen LogP contribution in [-0.2, 0) is 15.9 Å². The normalized spacial score (nSPS) is 15.8. The minimum atomic E-state index is -0.541. The number of nitrogen functional groups attached to an aromatic ring is 1. The highest BCUT2D eigenvalue weighted by atomic mass is 32.1. The summed E-state index contributed by atoms with van der Waals surface area (Å²) >= 11 is 1.18. The van der Waals surface area contributed by atoms with Gasteiger partial charge < -0.3 is 20.1 Å². The Balaban J connectivity index is 1.85. The largest absolute Gasteiger partial charge is 0.464 e. The Morgan fingerprint density at radius 2 is 2.04 bits per heavy atom. The predicted molar refractivity (Wildman–Crippen MR) is 108 cm³/mol. The number of carbonyl (C=O) groups is 2. The summed E-state index contributed by atoms with van der Waals surface area (Å²) in [6, 6.07) is 6.00. The fourth-order valence-electron chi connectivity index (χ4n) is 3.35. The first-order valence-electron chi connectivity index (χ1n) is 9.05. The summed E-state index contributed by atoms with van der Waals surface area (Å²) in [5, 5.41) is 0. The number of ether oxygens (including phenoxy) is 2. The van der Waals surface area contributed by atoms with Crippen molar-refractivity contribution in [1.29, 1.82) is 0 Å². The molecule has 150 valence electrons. The highest BCUT2D eigenvalue weighted by Gasteiger charge is 2.31. The lowest BCUT2D eigenvalue weighted by Crippen LogP contribution is -2.36. The molecule has 28 heavy (non-hydrogen) atoms. The smallest absolute Gasteiger partial charge is 0.410 e. The molecule has 1 unspecified atom stereocenters. The maximum atomic E-state index is 12.4. The van der Waals surface area contributed by atoms with E-state index in [1.165, 1.54) is 18.6 Å². The third-order valence-corrected chi connectivity index (χ3v) is 5.62. The van der Waals surface area contributed by atoms with Gasteiger partial charge in [-0.25, -0.2) is 9.59 Å². The average molecular weight is 404 g/mol. The van der Waals surface area contributed by atoms with E-state index in [4.69, 9.17) is 15.2 Å². The number of rotatable bonds is 3. The van der Waals surface area contributed by atoms with Crippen LogP contribution in [0.1, 0.15) is 54.8 Å². The Bertz CT molecular complexity index is 917. The molecule has 1 atom stereocenters. The van der Waals surface area contributed by atoms with Crippen LogP contribution >= 0.6 is 11.5 Å². The molecule has 8 heteroatoms. The topological polar surface area (TPSA) is 94.8 Å². The van der Waals surface area contributed by atoms with Gasteiger partial charge in [-0.15, -0.1) is 0 Å². The second-order valence-electron chi connectivity index (χ2n) is 7.82. The highest BCUT2D eigenvalue weighted by molar-refractivity contribution is 7.10. The fraction of sp³-hybridized carbons (Fsp3) is 0.450. The van der Waals surface area contributed by atoms with Crippen LogP contribution in [-0.4, -0.2) is 41.1 Å². The number of amides is 1. The molecule has 1 aromatic heterocycles. The van der Waals surface area contributed by atoms with Gasteiger partial charge in [0.15, 0.2) is 5.69 Å². The summed E-state index contributed by atoms with van der Waals surface area (Å²) in [6.45, 7) is 5.57. The van der Waals surface area contributed by atoms with E-state index in [0.29, 0.717) is 5.69 Å². The lowest BCUT2D eigenvalue weighted by Gasteiger charge is -2.29. The van der Waals surface area contributed by atoms with Crippen molar-refractivity contribution in [1.82, 2.24) is 9.27 Å². The Kier molecular flexibility index (Phi) is 5.34. The lowest BCUT2D eigenvalue weighted by molar-refractivity contribution is 0.0220.